The van der Waals surface area contributed by atoms with Crippen molar-refractivity contribution in [3.63, 3.8) is 0 Å². The van der Waals surface area contributed by atoms with Gasteiger partial charge in [0.05, 0.1) is 5.56 Å². The van der Waals surface area contributed by atoms with Crippen LogP contribution in [0.25, 0.3) is 0 Å². The average Bonchev–Trinajstić information content (AvgIpc) is 0.675. The van der Waals surface area contributed by atoms with Crippen molar-refractivity contribution in [3.05, 3.63) is 41.2 Å². The molecule has 0 radical (unpaired) electrons. The van der Waals surface area contributed by atoms with Gasteiger partial charge in [0.2, 0.25) is 0 Å². The fraction of sp³-hybridized carbons (Fsp3) is 0.100. The molecule has 3 nitrogen and oxygen atoms in total. The van der Waals surface area contributed by atoms with Crippen LogP contribution in [0.2, 0.25) is 0 Å². The van der Waals surface area contributed by atoms with Gasteiger partial charge in [-0.2, -0.15) is 0 Å². The third kappa shape index (κ3) is 26.7. The van der Waals surface area contributed by atoms with E-state index in [1.165, 1.54) is 18.5 Å². The monoisotopic (exact) mass is 4110 g/mol. The summed E-state index contributed by atoms with van der Waals surface area (Å²) in [5.41, 5.74) is 1.34. The van der Waals surface area contributed by atoms with Crippen LogP contribution in [0, 0.1) is 0 Å². The van der Waals surface area contributed by atoms with Gasteiger partial charge >= 0.3 is 51.4 Å². The Morgan fingerprint density at radius 2 is 0.316 bits per heavy atom. The van der Waals surface area contributed by atoms with Crippen LogP contribution in [0.4, 0.5) is 0 Å². The maximum Gasteiger partial charge on any atom is 1.00 e. The number of halogens is 1. The summed E-state index contributed by atoms with van der Waals surface area (Å²) in [6.07, 6.45) is 4.31. The van der Waals surface area contributed by atoms with Crippen molar-refractivity contribution >= 4 is 1120 Å². The molecule has 0 bridgehead atoms. The first kappa shape index (κ1) is 165. The number of hydrogen-bond acceptors (Lipinski definition) is 82. The number of aromatic nitrogens is 1. The predicted molar refractivity (Wildman–Crippen MR) is 930 cm³/mol. The van der Waals surface area contributed by atoms with Crippen molar-refractivity contribution in [1.29, 1.82) is 0 Å². The third-order valence-corrected chi connectivity index (χ3v) is 779. The summed E-state index contributed by atoms with van der Waals surface area (Å²) < 4.78 is -2.80. The topological polar surface area (TPSA) is 47.0 Å². The summed E-state index contributed by atoms with van der Waals surface area (Å²) >= 11 is 484. The summed E-state index contributed by atoms with van der Waals surface area (Å²) in [6, 6.07) is 1.57. The van der Waals surface area contributed by atoms with Crippen LogP contribution in [0.3, 0.4) is 0 Å². The Morgan fingerprint density at radius 1 is 0.203 bits per heavy atom. The molecule has 0 saturated heterocycles. The van der Waals surface area contributed by atoms with Crippen molar-refractivity contribution in [3.8, 4) is 0 Å². The third-order valence-electron chi connectivity index (χ3n) is 11.5. The number of pyridine rings is 1. The molecule has 0 aromatic carbocycles. The molecule has 0 fully saturated rings. The van der Waals surface area contributed by atoms with Crippen LogP contribution >= 0.6 is 21.2 Å². The van der Waals surface area contributed by atoms with E-state index in [4.69, 9.17) is 884 Å². The Balaban J connectivity index is 0.0000113. The molecule has 0 saturated carbocycles. The van der Waals surface area contributed by atoms with Crippen molar-refractivity contribution in [2.24, 2.45) is 0 Å². The van der Waals surface area contributed by atoms with Crippen LogP contribution in [0.5, 0.6) is 0 Å². The molecule has 0 atom stereocenters. The van der Waals surface area contributed by atoms with Gasteiger partial charge in [-0.05, 0) is 869 Å². The molecule has 1 aliphatic rings. The first-order chi connectivity index (χ1) is 55.7. The Hall–Kier alpha value is 31.8. The predicted octanol–water partition coefficient (Wildman–Crippen LogP) is -0.987. The Labute approximate surface area is 1190 Å². The van der Waals surface area contributed by atoms with Gasteiger partial charge < -0.3 is 11.7 Å². The van der Waals surface area contributed by atoms with Crippen LogP contribution in [0.15, 0.2) is 30.1 Å². The summed E-state index contributed by atoms with van der Waals surface area (Å²) in [4.78, 5) is 26.7. The number of rotatable bonds is 38. The second kappa shape index (κ2) is 53.1. The number of fused-ring (bicyclic) bond motifs is 1. The fourth-order valence-corrected chi connectivity index (χ4v) is 928. The quantitative estimate of drug-likeness (QED) is 0.0268. The maximum absolute atomic E-state index is 11.5. The summed E-state index contributed by atoms with van der Waals surface area (Å²) in [6.45, 7) is 1.64. The zero-order valence-electron chi connectivity index (χ0n) is 56.6. The normalized spacial score (nSPS) is 16.8. The van der Waals surface area contributed by atoms with Gasteiger partial charge in [-0.1, -0.05) is 22.4 Å². The number of allylic oxidation sites excluding steroid dienone is 2. The SMILES string of the molecule is CC1=CC(=O)c2ccncc2C1=O.S=S(=S)([S-])S(=S)(=S)S(=S)(=S)S(=S)(=S)S(=S)(=S)S(=S)(=S)S(=S)(=S)S(=S)(=S)S(=S)(=S)S(=S)(=S)S(=S)(=S)S(=S)(=S)S(=S)(=S)S(=S)(=S)S(=S)(=S)S(=S)(=S)S(=S)(=S)S(=S)(=S)S(=S)(=S)S(=S)(=S)S(=S)(=S)S(=S)(=S)S(=S)(=S)S(=S)(=S)S(=S)(=S)S(=S)(=S)S(=S)(=S)S(=S)(=S)S(=S)(=S)S(=S)(=S)S(=S)(=S)S(=S)(=S)S(=S)(=S)S(=S)(=S)S(=S)(=S)S(=S)(=S)S(=S)(=S)S(=S)(=S)S(=S)(=S)I.[K+]. The van der Waals surface area contributed by atoms with Gasteiger partial charge in [-0.25, -0.2) is 0 Å². The van der Waals surface area contributed by atoms with Crippen molar-refractivity contribution in [1.82, 2.24) is 4.98 Å². The van der Waals surface area contributed by atoms with E-state index in [2.05, 4.69) is 4.98 Å². The molecule has 1 aromatic rings. The maximum atomic E-state index is 11.5. The smallest absolute Gasteiger partial charge is 0.694 e. The van der Waals surface area contributed by atoms with Crippen LogP contribution in [-0.4, -0.2) is 16.6 Å². The molecule has 1 aliphatic carbocycles. The molecule has 780 valence electrons. The largest absolute Gasteiger partial charge is 1.00 e. The summed E-state index contributed by atoms with van der Waals surface area (Å²) in [5.74, 6) is -0.225. The Bertz CT molecular complexity index is 9900. The molecule has 0 unspecified atom stereocenters. The molecule has 1 heterocycles. The Morgan fingerprint density at radius 3 is 0.429 bits per heavy atom. The van der Waals surface area contributed by atoms with E-state index in [0.717, 1.165) is 0 Å². The minimum Gasteiger partial charge on any atom is -0.694 e. The van der Waals surface area contributed by atoms with Crippen molar-refractivity contribution < 1.29 is 61.0 Å². The first-order valence-corrected chi connectivity index (χ1v) is 183. The minimum atomic E-state index is -4.30. The van der Waals surface area contributed by atoms with Crippen molar-refractivity contribution in [2.45, 2.75) is 6.92 Å². The number of carbonyl (C=O) groups is 2. The van der Waals surface area contributed by atoms with E-state index in [1.54, 1.807) is 34.2 Å². The zero-order valence-corrected chi connectivity index (χ0v) is 158. The molecule has 2 rings (SSSR count). The second-order valence-corrected chi connectivity index (χ2v) is 439. The summed E-state index contributed by atoms with van der Waals surface area (Å²) in [5, 5.41) is -154. The van der Waals surface area contributed by atoms with E-state index < -0.39 is 201 Å². The van der Waals surface area contributed by atoms with E-state index in [1.807, 2.05) is 0 Å². The van der Waals surface area contributed by atoms with Crippen molar-refractivity contribution in [2.75, 3.05) is 0 Å². The van der Waals surface area contributed by atoms with Gasteiger partial charge in [0.25, 0.3) is 0 Å². The number of hydrogen-bond donors (Lipinski definition) is 0. The average molecular weight is 4120 g/mol. The molecular weight excluding hydrogens is 4120 g/mol. The van der Waals surface area contributed by atoms with Crippen LogP contribution in [-0.2, 0) is 1090 Å². The van der Waals surface area contributed by atoms with Crippen LogP contribution in [0.1, 0.15) is 27.6 Å². The van der Waals surface area contributed by atoms with Gasteiger partial charge in [0.1, 0.15) is 0 Å². The summed E-state index contributed by atoms with van der Waals surface area (Å²) in [7, 11) is 0. The van der Waals surface area contributed by atoms with E-state index in [-0.39, 0.29) is 63.0 Å². The number of nitrogens with zero attached hydrogens (tertiary/aromatic N) is 1. The van der Waals surface area contributed by atoms with E-state index in [0.29, 0.717) is 16.7 Å². The van der Waals surface area contributed by atoms with E-state index in [9.17, 15) is 9.59 Å². The Kier molecular flexibility index (Phi) is 65.8. The van der Waals surface area contributed by atoms with Gasteiger partial charge in [0.15, 0.2) is 11.6 Å². The standard InChI is InChI=1S/C10H7NO2.HIS118.K/c1-6-4-9(12)7-2-3-11-5-8(7)10(6)13;1-81(2,3)83(7,8)85(11,12)87(15,16)89(19,20)91(23,24)93(27,28)95(31,32)97(35,36)99(39,40)101(43,44)103(47,48)105(51,52)107(55,56)109(59,60)111(63,64)113(67,68)115(71,72)117(75,76)119(79,80)118(77,78)116(73,74)114(69,70)112(65,66)110(61,62)108(57,58)106(53,54)104(49,50)102(45,46)100(41,42)98(37,38)96(33,34)94(29,30)92(25,26)90(21,22)88(17,18)86(13,14)84(9,10)82(4,5)6;/h2-5H,1H3;(H,4,5,6);/q;;+1/p-1. The van der Waals surface area contributed by atoms with Gasteiger partial charge in [-0.3, -0.25) is 14.6 Å². The fourth-order valence-electron chi connectivity index (χ4n) is 5.12. The minimum absolute atomic E-state index is 0. The molecule has 133 heavy (non-hydrogen) atoms. The molecule has 123 heteroatoms. The molecular formula is C10H7IKNO2S118. The molecule has 0 amide bonds. The zero-order chi connectivity index (χ0) is 109. The molecule has 0 aliphatic heterocycles. The second-order valence-electron chi connectivity index (χ2n) is 18.8. The molecule has 1 aromatic heterocycles. The number of ketones is 2. The number of Topliss-reactive ketones (excluding diaryl/α,β-unsaturated/α-hetero) is 1. The van der Waals surface area contributed by atoms with E-state index >= 15 is 0 Å². The molecule has 0 N–H and O–H groups in total. The molecule has 0 spiro atoms. The first-order valence-electron chi connectivity index (χ1n) is 23.6. The van der Waals surface area contributed by atoms with Crippen LogP contribution < -0.4 is 51.4 Å². The van der Waals surface area contributed by atoms with Gasteiger partial charge in [0, 0.05) is 241 Å². The van der Waals surface area contributed by atoms with Gasteiger partial charge in [-0.15, -0.1) is 5.21 Å². The number of carbonyl (C=O) groups excluding carboxylic acids is 2.